The first kappa shape index (κ1) is 23.3. The third kappa shape index (κ3) is 4.09. The summed E-state index contributed by atoms with van der Waals surface area (Å²) in [6, 6.07) is 19.5. The summed E-state index contributed by atoms with van der Waals surface area (Å²) < 4.78 is 34.6. The van der Waals surface area contributed by atoms with Crippen LogP contribution < -0.4 is 9.46 Å². The van der Waals surface area contributed by atoms with Gasteiger partial charge >= 0.3 is 0 Å². The summed E-state index contributed by atoms with van der Waals surface area (Å²) in [5.41, 5.74) is -0.617. The summed E-state index contributed by atoms with van der Waals surface area (Å²) >= 11 is 0. The van der Waals surface area contributed by atoms with Crippen molar-refractivity contribution in [1.82, 2.24) is 4.72 Å². The van der Waals surface area contributed by atoms with Crippen molar-refractivity contribution in [2.45, 2.75) is 63.2 Å². The van der Waals surface area contributed by atoms with Crippen molar-refractivity contribution in [2.24, 2.45) is 5.41 Å². The molecular formula is C25H32N2O3S. The molecule has 0 unspecified atom stereocenters. The average Bonchev–Trinajstić information content (AvgIpc) is 2.78. The first-order valence-electron chi connectivity index (χ1n) is 10.8. The second-order valence-electron chi connectivity index (χ2n) is 9.32. The van der Waals surface area contributed by atoms with Crippen molar-refractivity contribution >= 4 is 10.0 Å². The molecule has 1 atom stereocenters. The molecule has 1 saturated carbocycles. The molecule has 1 N–H and O–H groups in total. The lowest BCUT2D eigenvalue weighted by Gasteiger charge is -2.50. The molecule has 166 valence electrons. The van der Waals surface area contributed by atoms with Gasteiger partial charge in [-0.2, -0.15) is 9.98 Å². The van der Waals surface area contributed by atoms with E-state index in [4.69, 9.17) is 4.74 Å². The van der Waals surface area contributed by atoms with Gasteiger partial charge in [0.05, 0.1) is 23.3 Å². The van der Waals surface area contributed by atoms with Crippen molar-refractivity contribution < 1.29 is 13.2 Å². The van der Waals surface area contributed by atoms with Gasteiger partial charge in [-0.15, -0.1) is 0 Å². The van der Waals surface area contributed by atoms with Crippen LogP contribution in [0.4, 0.5) is 0 Å². The molecule has 0 radical (unpaired) electrons. The van der Waals surface area contributed by atoms with E-state index in [9.17, 15) is 13.7 Å². The van der Waals surface area contributed by atoms with Crippen molar-refractivity contribution in [3.8, 4) is 11.8 Å². The lowest BCUT2D eigenvalue weighted by molar-refractivity contribution is 0.143. The molecule has 6 heteroatoms. The second-order valence-corrected chi connectivity index (χ2v) is 11.8. The fourth-order valence-corrected chi connectivity index (χ4v) is 5.68. The third-order valence-corrected chi connectivity index (χ3v) is 8.65. The Morgan fingerprint density at radius 1 is 0.935 bits per heavy atom. The minimum Gasteiger partial charge on any atom is -0.497 e. The first-order valence-corrected chi connectivity index (χ1v) is 12.2. The van der Waals surface area contributed by atoms with Crippen LogP contribution in [-0.2, 0) is 15.6 Å². The Morgan fingerprint density at radius 2 is 1.48 bits per heavy atom. The van der Waals surface area contributed by atoms with Crippen LogP contribution >= 0.6 is 0 Å². The van der Waals surface area contributed by atoms with Gasteiger partial charge in [0.2, 0.25) is 10.0 Å². The predicted octanol–water partition coefficient (Wildman–Crippen LogP) is 5.13. The van der Waals surface area contributed by atoms with Crippen LogP contribution in [0.3, 0.4) is 0 Å². The number of rotatable bonds is 6. The third-order valence-electron chi connectivity index (χ3n) is 6.46. The van der Waals surface area contributed by atoms with Gasteiger partial charge in [0.1, 0.15) is 11.3 Å². The van der Waals surface area contributed by atoms with E-state index in [0.29, 0.717) is 18.6 Å². The fraction of sp³-hybridized carbons (Fsp3) is 0.480. The Morgan fingerprint density at radius 3 is 1.97 bits per heavy atom. The monoisotopic (exact) mass is 440 g/mol. The molecule has 2 aromatic carbocycles. The average molecular weight is 441 g/mol. The predicted molar refractivity (Wildman–Crippen MR) is 123 cm³/mol. The molecular weight excluding hydrogens is 408 g/mol. The van der Waals surface area contributed by atoms with Gasteiger partial charge < -0.3 is 4.74 Å². The Kier molecular flexibility index (Phi) is 6.50. The van der Waals surface area contributed by atoms with E-state index in [1.165, 1.54) is 0 Å². The summed E-state index contributed by atoms with van der Waals surface area (Å²) in [7, 11) is -2.20. The number of benzene rings is 2. The van der Waals surface area contributed by atoms with E-state index in [2.05, 4.69) is 10.8 Å². The standard InChI is InChI=1S/C25H32N2O3S/c1-23(2,3)31(28,29)27-25(20-11-7-5-8-12-20,21-13-15-22(30-4)16-14-21)24(19-26)17-9-6-10-18-24/h5,7-8,11-16,27H,6,9-10,17-18H2,1-4H3/t25-/m0/s1. The van der Waals surface area contributed by atoms with Crippen LogP contribution in [0.2, 0.25) is 0 Å². The molecule has 0 spiro atoms. The van der Waals surface area contributed by atoms with Crippen molar-refractivity contribution in [2.75, 3.05) is 7.11 Å². The lowest BCUT2D eigenvalue weighted by atomic mass is 9.58. The van der Waals surface area contributed by atoms with Crippen LogP contribution in [0, 0.1) is 16.7 Å². The highest BCUT2D eigenvalue weighted by Crippen LogP contribution is 2.54. The van der Waals surface area contributed by atoms with Crippen LogP contribution in [0.1, 0.15) is 64.0 Å². The van der Waals surface area contributed by atoms with Crippen molar-refractivity contribution in [3.63, 3.8) is 0 Å². The molecule has 0 aromatic heterocycles. The minimum absolute atomic E-state index is 0.622. The molecule has 0 amide bonds. The number of hydrogen-bond donors (Lipinski definition) is 1. The largest absolute Gasteiger partial charge is 0.497 e. The van der Waals surface area contributed by atoms with Gasteiger partial charge in [0.15, 0.2) is 0 Å². The quantitative estimate of drug-likeness (QED) is 0.675. The Bertz CT molecular complexity index is 1030. The number of nitrogens with one attached hydrogen (secondary N) is 1. The van der Waals surface area contributed by atoms with Gasteiger partial charge in [0, 0.05) is 0 Å². The molecule has 5 nitrogen and oxygen atoms in total. The van der Waals surface area contributed by atoms with Crippen LogP contribution in [-0.4, -0.2) is 20.3 Å². The highest BCUT2D eigenvalue weighted by molar-refractivity contribution is 7.90. The van der Waals surface area contributed by atoms with E-state index >= 15 is 0 Å². The zero-order valence-electron chi connectivity index (χ0n) is 18.8. The minimum atomic E-state index is -3.80. The molecule has 1 aliphatic rings. The normalized spacial score (nSPS) is 18.5. The molecule has 31 heavy (non-hydrogen) atoms. The second kappa shape index (κ2) is 8.64. The molecule has 1 aliphatic carbocycles. The van der Waals surface area contributed by atoms with Gasteiger partial charge in [-0.25, -0.2) is 8.42 Å². The molecule has 0 bridgehead atoms. The zero-order valence-corrected chi connectivity index (χ0v) is 19.6. The number of hydrogen-bond acceptors (Lipinski definition) is 4. The number of methoxy groups -OCH3 is 1. The van der Waals surface area contributed by atoms with E-state index in [-0.39, 0.29) is 0 Å². The molecule has 0 saturated heterocycles. The molecule has 2 aromatic rings. The first-order chi connectivity index (χ1) is 14.6. The molecule has 0 heterocycles. The SMILES string of the molecule is COc1ccc([C@@](NS(=O)(=O)C(C)(C)C)(c2ccccc2)C2(C#N)CCCCC2)cc1. The number of sulfonamides is 1. The maximum atomic E-state index is 13.6. The molecule has 1 fully saturated rings. The Balaban J connectivity index is 2.39. The van der Waals surface area contributed by atoms with Gasteiger partial charge in [0.25, 0.3) is 0 Å². The van der Waals surface area contributed by atoms with Crippen LogP contribution in [0.15, 0.2) is 54.6 Å². The summed E-state index contributed by atoms with van der Waals surface area (Å²) in [4.78, 5) is 0. The van der Waals surface area contributed by atoms with Gasteiger partial charge in [-0.1, -0.05) is 61.7 Å². The van der Waals surface area contributed by atoms with E-state index in [0.717, 1.165) is 30.4 Å². The lowest BCUT2D eigenvalue weighted by Crippen LogP contribution is -2.61. The Labute approximate surface area is 186 Å². The summed E-state index contributed by atoms with van der Waals surface area (Å²) in [6.45, 7) is 5.04. The van der Waals surface area contributed by atoms with Gasteiger partial charge in [-0.05, 0) is 56.9 Å². The summed E-state index contributed by atoms with van der Waals surface area (Å²) in [5.74, 6) is 0.680. The zero-order chi connectivity index (χ0) is 22.8. The maximum absolute atomic E-state index is 13.6. The number of nitriles is 1. The smallest absolute Gasteiger partial charge is 0.217 e. The van der Waals surface area contributed by atoms with Crippen LogP contribution in [0.25, 0.3) is 0 Å². The highest BCUT2D eigenvalue weighted by atomic mass is 32.2. The maximum Gasteiger partial charge on any atom is 0.217 e. The fourth-order valence-electron chi connectivity index (χ4n) is 4.54. The number of nitrogens with zero attached hydrogens (tertiary/aromatic N) is 1. The van der Waals surface area contributed by atoms with Crippen molar-refractivity contribution in [1.29, 1.82) is 5.26 Å². The van der Waals surface area contributed by atoms with Crippen LogP contribution in [0.5, 0.6) is 5.75 Å². The molecule has 0 aliphatic heterocycles. The Hall–Kier alpha value is -2.36. The van der Waals surface area contributed by atoms with E-state index < -0.39 is 25.7 Å². The summed E-state index contributed by atoms with van der Waals surface area (Å²) in [6.07, 6.45) is 4.06. The van der Waals surface area contributed by atoms with Crippen molar-refractivity contribution in [3.05, 3.63) is 65.7 Å². The topological polar surface area (TPSA) is 79.2 Å². The van der Waals surface area contributed by atoms with E-state index in [1.807, 2.05) is 54.6 Å². The number of ether oxygens (including phenoxy) is 1. The molecule has 3 rings (SSSR count). The highest BCUT2D eigenvalue weighted by Gasteiger charge is 2.57. The summed E-state index contributed by atoms with van der Waals surface area (Å²) in [5, 5.41) is 10.6. The van der Waals surface area contributed by atoms with E-state index in [1.54, 1.807) is 27.9 Å². The van der Waals surface area contributed by atoms with Gasteiger partial charge in [-0.3, -0.25) is 0 Å².